The van der Waals surface area contributed by atoms with E-state index in [1.54, 1.807) is 12.1 Å². The van der Waals surface area contributed by atoms with Crippen molar-refractivity contribution in [3.05, 3.63) is 29.6 Å². The van der Waals surface area contributed by atoms with E-state index in [-0.39, 0.29) is 11.6 Å². The lowest BCUT2D eigenvalue weighted by molar-refractivity contribution is -0.127. The summed E-state index contributed by atoms with van der Waals surface area (Å²) in [5, 5.41) is 2.73. The Balaban J connectivity index is 2.15. The lowest BCUT2D eigenvalue weighted by Gasteiger charge is -2.37. The second-order valence-corrected chi connectivity index (χ2v) is 6.10. The van der Waals surface area contributed by atoms with Crippen molar-refractivity contribution in [2.24, 2.45) is 17.1 Å². The molecule has 0 heterocycles. The first-order chi connectivity index (χ1) is 9.47. The quantitative estimate of drug-likeness (QED) is 0.892. The molecule has 1 fully saturated rings. The summed E-state index contributed by atoms with van der Waals surface area (Å²) >= 11 is 0. The molecule has 1 amide bonds. The molecule has 0 radical (unpaired) electrons. The maximum atomic E-state index is 13.7. The molecule has 1 aromatic carbocycles. The van der Waals surface area contributed by atoms with Gasteiger partial charge in [0.2, 0.25) is 5.91 Å². The maximum absolute atomic E-state index is 13.7. The molecule has 1 aliphatic rings. The Labute approximate surface area is 119 Å². The molecule has 0 unspecified atom stereocenters. The highest BCUT2D eigenvalue weighted by Crippen LogP contribution is 2.39. The fourth-order valence-electron chi connectivity index (χ4n) is 2.83. The number of amides is 1. The van der Waals surface area contributed by atoms with Crippen molar-refractivity contribution in [1.82, 2.24) is 0 Å². The van der Waals surface area contributed by atoms with Gasteiger partial charge in [0.25, 0.3) is 0 Å². The zero-order chi connectivity index (χ0) is 14.8. The summed E-state index contributed by atoms with van der Waals surface area (Å²) < 4.78 is 13.7. The smallest absolute Gasteiger partial charge is 0.231 e. The average Bonchev–Trinajstić information content (AvgIpc) is 2.44. The summed E-state index contributed by atoms with van der Waals surface area (Å²) in [4.78, 5) is 12.5. The van der Waals surface area contributed by atoms with E-state index >= 15 is 0 Å². The number of hydrogen-bond acceptors (Lipinski definition) is 2. The first kappa shape index (κ1) is 15.0. The summed E-state index contributed by atoms with van der Waals surface area (Å²) in [6.07, 6.45) is 3.57. The standard InChI is InChI=1S/C16H23FN2O/c1-11-5-7-16(10-18,8-6-11)15(20)19-14-9-12(2)3-4-13(14)17/h3-4,9,11H,5-8,10,18H2,1-2H3,(H,19,20). The second-order valence-electron chi connectivity index (χ2n) is 6.10. The third kappa shape index (κ3) is 3.01. The van der Waals surface area contributed by atoms with Crippen LogP contribution in [0.1, 0.15) is 38.2 Å². The summed E-state index contributed by atoms with van der Waals surface area (Å²) in [6.45, 7) is 4.38. The zero-order valence-electron chi connectivity index (χ0n) is 12.2. The molecule has 20 heavy (non-hydrogen) atoms. The number of benzene rings is 1. The van der Waals surface area contributed by atoms with Crippen LogP contribution in [0.25, 0.3) is 0 Å². The highest BCUT2D eigenvalue weighted by Gasteiger charge is 2.40. The molecule has 0 atom stereocenters. The fourth-order valence-corrected chi connectivity index (χ4v) is 2.83. The number of nitrogens with two attached hydrogens (primary N) is 1. The monoisotopic (exact) mass is 278 g/mol. The third-order valence-electron chi connectivity index (χ3n) is 4.47. The summed E-state index contributed by atoms with van der Waals surface area (Å²) in [7, 11) is 0. The van der Waals surface area contributed by atoms with Crippen LogP contribution in [0, 0.1) is 24.1 Å². The predicted molar refractivity (Wildman–Crippen MR) is 78.9 cm³/mol. The van der Waals surface area contributed by atoms with Crippen molar-refractivity contribution < 1.29 is 9.18 Å². The van der Waals surface area contributed by atoms with Gasteiger partial charge in [-0.3, -0.25) is 4.79 Å². The molecule has 1 aliphatic carbocycles. The summed E-state index contributed by atoms with van der Waals surface area (Å²) in [6, 6.07) is 4.72. The number of carbonyl (C=O) groups excluding carboxylic acids is 1. The highest BCUT2D eigenvalue weighted by atomic mass is 19.1. The van der Waals surface area contributed by atoms with Crippen LogP contribution in [-0.4, -0.2) is 12.5 Å². The van der Waals surface area contributed by atoms with Gasteiger partial charge in [-0.25, -0.2) is 4.39 Å². The van der Waals surface area contributed by atoms with Gasteiger partial charge in [0.15, 0.2) is 0 Å². The number of aryl methyl sites for hydroxylation is 1. The molecule has 3 N–H and O–H groups in total. The second kappa shape index (κ2) is 5.92. The van der Waals surface area contributed by atoms with Crippen molar-refractivity contribution in [3.8, 4) is 0 Å². The van der Waals surface area contributed by atoms with E-state index in [2.05, 4.69) is 12.2 Å². The molecule has 0 aliphatic heterocycles. The number of nitrogens with one attached hydrogen (secondary N) is 1. The zero-order valence-corrected chi connectivity index (χ0v) is 12.2. The van der Waals surface area contributed by atoms with Crippen LogP contribution in [0.2, 0.25) is 0 Å². The molecule has 0 saturated heterocycles. The molecule has 3 nitrogen and oxygen atoms in total. The Morgan fingerprint density at radius 1 is 1.45 bits per heavy atom. The van der Waals surface area contributed by atoms with E-state index in [9.17, 15) is 9.18 Å². The van der Waals surface area contributed by atoms with E-state index in [1.165, 1.54) is 6.07 Å². The molecule has 0 spiro atoms. The van der Waals surface area contributed by atoms with Gasteiger partial charge in [-0.05, 0) is 56.2 Å². The van der Waals surface area contributed by atoms with E-state index in [0.717, 1.165) is 31.2 Å². The van der Waals surface area contributed by atoms with E-state index < -0.39 is 11.2 Å². The summed E-state index contributed by atoms with van der Waals surface area (Å²) in [5.74, 6) is 0.0925. The first-order valence-electron chi connectivity index (χ1n) is 7.24. The van der Waals surface area contributed by atoms with Crippen molar-refractivity contribution in [3.63, 3.8) is 0 Å². The molecule has 110 valence electrons. The van der Waals surface area contributed by atoms with Crippen molar-refractivity contribution in [1.29, 1.82) is 0 Å². The Kier molecular flexibility index (Phi) is 4.43. The van der Waals surface area contributed by atoms with Gasteiger partial charge in [0.05, 0.1) is 11.1 Å². The van der Waals surface area contributed by atoms with Gasteiger partial charge in [-0.2, -0.15) is 0 Å². The number of carbonyl (C=O) groups is 1. The molecule has 1 saturated carbocycles. The van der Waals surface area contributed by atoms with E-state index in [1.807, 2.05) is 6.92 Å². The molecule has 0 bridgehead atoms. The highest BCUT2D eigenvalue weighted by molar-refractivity contribution is 5.95. The van der Waals surface area contributed by atoms with Crippen LogP contribution < -0.4 is 11.1 Å². The van der Waals surface area contributed by atoms with E-state index in [4.69, 9.17) is 5.73 Å². The first-order valence-corrected chi connectivity index (χ1v) is 7.24. The number of rotatable bonds is 3. The van der Waals surface area contributed by atoms with Crippen LogP contribution >= 0.6 is 0 Å². The topological polar surface area (TPSA) is 55.1 Å². The van der Waals surface area contributed by atoms with Gasteiger partial charge in [-0.1, -0.05) is 13.0 Å². The number of anilines is 1. The summed E-state index contributed by atoms with van der Waals surface area (Å²) in [5.41, 5.74) is 6.48. The van der Waals surface area contributed by atoms with Crippen LogP contribution in [0.3, 0.4) is 0 Å². The minimum absolute atomic E-state index is 0.142. The SMILES string of the molecule is Cc1ccc(F)c(NC(=O)C2(CN)CCC(C)CC2)c1. The minimum Gasteiger partial charge on any atom is -0.329 e. The maximum Gasteiger partial charge on any atom is 0.231 e. The van der Waals surface area contributed by atoms with Crippen molar-refractivity contribution >= 4 is 11.6 Å². The Morgan fingerprint density at radius 3 is 2.70 bits per heavy atom. The molecule has 4 heteroatoms. The third-order valence-corrected chi connectivity index (χ3v) is 4.47. The molecule has 2 rings (SSSR count). The molecule has 1 aromatic rings. The van der Waals surface area contributed by atoms with E-state index in [0.29, 0.717) is 12.5 Å². The van der Waals surface area contributed by atoms with Gasteiger partial charge in [0, 0.05) is 6.54 Å². The minimum atomic E-state index is -0.539. The molecule has 0 aromatic heterocycles. The van der Waals surface area contributed by atoms with Crippen LogP contribution in [-0.2, 0) is 4.79 Å². The lowest BCUT2D eigenvalue weighted by atomic mass is 9.70. The van der Waals surface area contributed by atoms with Gasteiger partial charge in [-0.15, -0.1) is 0 Å². The van der Waals surface area contributed by atoms with Crippen LogP contribution in [0.15, 0.2) is 18.2 Å². The van der Waals surface area contributed by atoms with Crippen LogP contribution in [0.5, 0.6) is 0 Å². The van der Waals surface area contributed by atoms with Crippen LogP contribution in [0.4, 0.5) is 10.1 Å². The Morgan fingerprint density at radius 2 is 2.10 bits per heavy atom. The van der Waals surface area contributed by atoms with Gasteiger partial charge < -0.3 is 11.1 Å². The number of hydrogen-bond donors (Lipinski definition) is 2. The van der Waals surface area contributed by atoms with Crippen molar-refractivity contribution in [2.75, 3.05) is 11.9 Å². The average molecular weight is 278 g/mol. The lowest BCUT2D eigenvalue weighted by Crippen LogP contribution is -2.45. The van der Waals surface area contributed by atoms with Crippen molar-refractivity contribution in [2.45, 2.75) is 39.5 Å². The predicted octanol–water partition coefficient (Wildman–Crippen LogP) is 3.23. The normalized spacial score (nSPS) is 26.3. The van der Waals surface area contributed by atoms with Gasteiger partial charge in [0.1, 0.15) is 5.82 Å². The fraction of sp³-hybridized carbons (Fsp3) is 0.562. The Hall–Kier alpha value is -1.42. The molecular weight excluding hydrogens is 255 g/mol. The largest absolute Gasteiger partial charge is 0.329 e. The Bertz CT molecular complexity index is 493. The number of halogens is 1. The van der Waals surface area contributed by atoms with Gasteiger partial charge >= 0.3 is 0 Å². The molecular formula is C16H23FN2O.